The third-order valence-corrected chi connectivity index (χ3v) is 4.82. The summed E-state index contributed by atoms with van der Waals surface area (Å²) >= 11 is 0. The maximum absolute atomic E-state index is 13.2. The van der Waals surface area contributed by atoms with Gasteiger partial charge in [0.1, 0.15) is 5.76 Å². The van der Waals surface area contributed by atoms with Gasteiger partial charge in [-0.3, -0.25) is 4.90 Å². The van der Waals surface area contributed by atoms with Gasteiger partial charge in [0.25, 0.3) is 0 Å². The molecule has 2 aromatic heterocycles. The van der Waals surface area contributed by atoms with E-state index < -0.39 is 11.7 Å². The molecule has 26 heavy (non-hydrogen) atoms. The number of furan rings is 1. The van der Waals surface area contributed by atoms with Gasteiger partial charge in [-0.05, 0) is 48.4 Å². The molecule has 0 saturated heterocycles. The highest BCUT2D eigenvalue weighted by Crippen LogP contribution is 2.36. The Bertz CT molecular complexity index is 867. The molecule has 0 N–H and O–H groups in total. The van der Waals surface area contributed by atoms with Crippen molar-refractivity contribution in [1.82, 2.24) is 9.47 Å². The summed E-state index contributed by atoms with van der Waals surface area (Å²) in [4.78, 5) is 2.19. The van der Waals surface area contributed by atoms with Gasteiger partial charge in [0.15, 0.2) is 0 Å². The van der Waals surface area contributed by atoms with Crippen LogP contribution in [0.3, 0.4) is 0 Å². The van der Waals surface area contributed by atoms with Crippen LogP contribution in [0.5, 0.6) is 0 Å². The molecule has 1 unspecified atom stereocenters. The maximum atomic E-state index is 13.2. The lowest BCUT2D eigenvalue weighted by Gasteiger charge is -2.30. The fourth-order valence-electron chi connectivity index (χ4n) is 3.68. The first-order valence-electron chi connectivity index (χ1n) is 8.61. The van der Waals surface area contributed by atoms with Crippen LogP contribution in [0.1, 0.15) is 35.0 Å². The van der Waals surface area contributed by atoms with Crippen molar-refractivity contribution < 1.29 is 17.6 Å². The minimum absolute atomic E-state index is 0.250. The molecule has 4 rings (SSSR count). The van der Waals surface area contributed by atoms with Crippen LogP contribution in [0.25, 0.3) is 0 Å². The van der Waals surface area contributed by atoms with Crippen molar-refractivity contribution in [3.05, 3.63) is 83.6 Å². The van der Waals surface area contributed by atoms with Crippen molar-refractivity contribution in [2.24, 2.45) is 0 Å². The van der Waals surface area contributed by atoms with Crippen molar-refractivity contribution >= 4 is 0 Å². The third-order valence-electron chi connectivity index (χ3n) is 4.82. The number of hydrogen-bond acceptors (Lipinski definition) is 2. The highest BCUT2D eigenvalue weighted by Gasteiger charge is 2.33. The number of benzene rings is 1. The minimum atomic E-state index is -4.35. The van der Waals surface area contributed by atoms with Crippen molar-refractivity contribution in [2.45, 2.75) is 31.7 Å². The summed E-state index contributed by atoms with van der Waals surface area (Å²) in [6, 6.07) is 13.1. The van der Waals surface area contributed by atoms with E-state index in [4.69, 9.17) is 4.42 Å². The Balaban J connectivity index is 1.78. The summed E-state index contributed by atoms with van der Waals surface area (Å²) in [5.74, 6) is 0.807. The number of aryl methyl sites for hydroxylation is 1. The predicted molar refractivity (Wildman–Crippen MR) is 91.5 cm³/mol. The average Bonchev–Trinajstić information content (AvgIpc) is 3.24. The summed E-state index contributed by atoms with van der Waals surface area (Å²) in [5.41, 5.74) is 1.04. The van der Waals surface area contributed by atoms with Crippen LogP contribution in [-0.4, -0.2) is 16.0 Å². The van der Waals surface area contributed by atoms with E-state index in [1.165, 1.54) is 12.1 Å². The molecule has 0 spiro atoms. The lowest BCUT2D eigenvalue weighted by Crippen LogP contribution is -2.29. The highest BCUT2D eigenvalue weighted by molar-refractivity contribution is 5.34. The molecule has 3 nitrogen and oxygen atoms in total. The second-order valence-electron chi connectivity index (χ2n) is 6.56. The molecular weight excluding hydrogens is 341 g/mol. The fraction of sp³-hybridized carbons (Fsp3) is 0.300. The van der Waals surface area contributed by atoms with Crippen molar-refractivity contribution in [3.8, 4) is 0 Å². The zero-order valence-electron chi connectivity index (χ0n) is 14.1. The van der Waals surface area contributed by atoms with E-state index in [0.717, 1.165) is 37.0 Å². The number of aromatic nitrogens is 1. The molecule has 0 amide bonds. The topological polar surface area (TPSA) is 21.3 Å². The first kappa shape index (κ1) is 17.0. The summed E-state index contributed by atoms with van der Waals surface area (Å²) in [5, 5.41) is 0. The number of fused-ring (bicyclic) bond motifs is 1. The van der Waals surface area contributed by atoms with E-state index in [9.17, 15) is 13.2 Å². The van der Waals surface area contributed by atoms with Gasteiger partial charge in [0.2, 0.25) is 0 Å². The molecule has 136 valence electrons. The Morgan fingerprint density at radius 3 is 2.69 bits per heavy atom. The smallest absolute Gasteiger partial charge is 0.416 e. The lowest BCUT2D eigenvalue weighted by molar-refractivity contribution is -0.137. The van der Waals surface area contributed by atoms with Crippen molar-refractivity contribution in [3.63, 3.8) is 0 Å². The van der Waals surface area contributed by atoms with Crippen molar-refractivity contribution in [1.29, 1.82) is 0 Å². The van der Waals surface area contributed by atoms with Crippen LogP contribution >= 0.6 is 0 Å². The zero-order valence-corrected chi connectivity index (χ0v) is 14.1. The normalized spacial score (nSPS) is 18.5. The van der Waals surface area contributed by atoms with Gasteiger partial charge in [-0.2, -0.15) is 13.2 Å². The maximum Gasteiger partial charge on any atom is 0.416 e. The zero-order chi connectivity index (χ0) is 18.1. The molecule has 3 aromatic rings. The molecule has 0 bridgehead atoms. The van der Waals surface area contributed by atoms with Gasteiger partial charge in [-0.25, -0.2) is 0 Å². The van der Waals surface area contributed by atoms with E-state index in [0.29, 0.717) is 12.1 Å². The highest BCUT2D eigenvalue weighted by atomic mass is 19.4. The van der Waals surface area contributed by atoms with Gasteiger partial charge in [0, 0.05) is 25.0 Å². The largest absolute Gasteiger partial charge is 0.468 e. The standard InChI is InChI=1S/C20H19F3N2O/c21-20(22,23)16-6-1-5-15(13-16)19-18-8-2-9-24(18)10-4-11-25(19)14-17-7-3-12-26-17/h1-3,5-9,12-13,19H,4,10-11,14H2. The van der Waals surface area contributed by atoms with Crippen LogP contribution in [0.2, 0.25) is 0 Å². The van der Waals surface area contributed by atoms with Gasteiger partial charge in [0.05, 0.1) is 24.4 Å². The van der Waals surface area contributed by atoms with Crippen LogP contribution in [0.15, 0.2) is 65.4 Å². The Morgan fingerprint density at radius 1 is 1.04 bits per heavy atom. The van der Waals surface area contributed by atoms with Gasteiger partial charge < -0.3 is 8.98 Å². The Hall–Kier alpha value is -2.47. The molecular formula is C20H19F3N2O. The van der Waals surface area contributed by atoms with E-state index in [1.54, 1.807) is 12.3 Å². The number of hydrogen-bond donors (Lipinski definition) is 0. The molecule has 3 heterocycles. The number of alkyl halides is 3. The van der Waals surface area contributed by atoms with Gasteiger partial charge >= 0.3 is 6.18 Å². The Kier molecular flexibility index (Phi) is 4.36. The van der Waals surface area contributed by atoms with E-state index >= 15 is 0 Å². The number of rotatable bonds is 3. The molecule has 1 atom stereocenters. The van der Waals surface area contributed by atoms with E-state index in [1.807, 2.05) is 30.5 Å². The van der Waals surface area contributed by atoms with Gasteiger partial charge in [-0.15, -0.1) is 0 Å². The Morgan fingerprint density at radius 2 is 1.92 bits per heavy atom. The predicted octanol–water partition coefficient (Wildman–Crippen LogP) is 5.10. The summed E-state index contributed by atoms with van der Waals surface area (Å²) in [6.45, 7) is 2.19. The number of nitrogens with zero attached hydrogens (tertiary/aromatic N) is 2. The first-order chi connectivity index (χ1) is 12.5. The first-order valence-corrected chi connectivity index (χ1v) is 8.61. The fourth-order valence-corrected chi connectivity index (χ4v) is 3.68. The minimum Gasteiger partial charge on any atom is -0.468 e. The second kappa shape index (κ2) is 6.68. The Labute approximate surface area is 149 Å². The van der Waals surface area contributed by atoms with Crippen molar-refractivity contribution in [2.75, 3.05) is 6.54 Å². The molecule has 0 aliphatic carbocycles. The van der Waals surface area contributed by atoms with Crippen LogP contribution in [0.4, 0.5) is 13.2 Å². The number of halogens is 3. The molecule has 1 aliphatic rings. The molecule has 1 aliphatic heterocycles. The molecule has 0 radical (unpaired) electrons. The summed E-state index contributed by atoms with van der Waals surface area (Å²) in [6.07, 6.45) is 0.188. The molecule has 0 fully saturated rings. The third kappa shape index (κ3) is 3.29. The van der Waals surface area contributed by atoms with Crippen LogP contribution < -0.4 is 0 Å². The monoisotopic (exact) mass is 360 g/mol. The average molecular weight is 360 g/mol. The SMILES string of the molecule is FC(F)(F)c1cccc(C2c3cccn3CCCN2Cc2ccco2)c1. The molecule has 6 heteroatoms. The molecule has 0 saturated carbocycles. The van der Waals surface area contributed by atoms with E-state index in [2.05, 4.69) is 9.47 Å². The lowest BCUT2D eigenvalue weighted by atomic mass is 9.99. The summed E-state index contributed by atoms with van der Waals surface area (Å²) in [7, 11) is 0. The van der Waals surface area contributed by atoms with Crippen LogP contribution in [-0.2, 0) is 19.3 Å². The van der Waals surface area contributed by atoms with Gasteiger partial charge in [-0.1, -0.05) is 12.1 Å². The van der Waals surface area contributed by atoms with Crippen LogP contribution in [0, 0.1) is 0 Å². The quantitative estimate of drug-likeness (QED) is 0.648. The summed E-state index contributed by atoms with van der Waals surface area (Å²) < 4.78 is 47.3. The van der Waals surface area contributed by atoms with E-state index in [-0.39, 0.29) is 6.04 Å². The molecule has 1 aromatic carbocycles. The second-order valence-corrected chi connectivity index (χ2v) is 6.56.